The Morgan fingerprint density at radius 3 is 2.39 bits per heavy atom. The molecule has 1 aromatic rings. The van der Waals surface area contributed by atoms with Crippen molar-refractivity contribution in [2.75, 3.05) is 6.54 Å². The maximum Gasteiger partial charge on any atom is 0.322 e. The van der Waals surface area contributed by atoms with Gasteiger partial charge < -0.3 is 10.4 Å². The van der Waals surface area contributed by atoms with Gasteiger partial charge in [-0.25, -0.2) is 4.39 Å². The van der Waals surface area contributed by atoms with E-state index in [0.29, 0.717) is 0 Å². The van der Waals surface area contributed by atoms with Gasteiger partial charge in [-0.1, -0.05) is 31.9 Å². The molecule has 0 radical (unpaired) electrons. The molecule has 0 aromatic heterocycles. The van der Waals surface area contributed by atoms with Crippen molar-refractivity contribution in [3.63, 3.8) is 0 Å². The Labute approximate surface area is 106 Å². The van der Waals surface area contributed by atoms with Crippen molar-refractivity contribution in [1.29, 1.82) is 0 Å². The van der Waals surface area contributed by atoms with Crippen LogP contribution in [0.1, 0.15) is 36.2 Å². The Bertz CT molecular complexity index is 419. The van der Waals surface area contributed by atoms with Crippen molar-refractivity contribution in [3.05, 3.63) is 35.1 Å². The molecule has 4 nitrogen and oxygen atoms in total. The molecule has 1 rings (SSSR count). The van der Waals surface area contributed by atoms with Crippen molar-refractivity contribution in [2.45, 2.75) is 27.2 Å². The molecule has 1 aromatic carbocycles. The maximum absolute atomic E-state index is 13.1. The molecule has 0 bridgehead atoms. The molecule has 0 fully saturated rings. The van der Waals surface area contributed by atoms with Crippen LogP contribution >= 0.6 is 0 Å². The number of rotatable bonds is 3. The topological polar surface area (TPSA) is 66.4 Å². The molecule has 100 valence electrons. The fraction of sp³-hybridized carbons (Fsp3) is 0.385. The van der Waals surface area contributed by atoms with Crippen LogP contribution in [-0.2, 0) is 4.79 Å². The lowest BCUT2D eigenvalue weighted by Crippen LogP contribution is -2.29. The van der Waals surface area contributed by atoms with Gasteiger partial charge >= 0.3 is 5.97 Å². The monoisotopic (exact) mass is 255 g/mol. The molecule has 0 heterocycles. The summed E-state index contributed by atoms with van der Waals surface area (Å²) in [4.78, 5) is 21.5. The Kier molecular flexibility index (Phi) is 7.35. The largest absolute Gasteiger partial charge is 0.480 e. The summed E-state index contributed by atoms with van der Waals surface area (Å²) in [7, 11) is 0. The second-order valence-corrected chi connectivity index (χ2v) is 3.77. The molecule has 0 aliphatic heterocycles. The zero-order valence-corrected chi connectivity index (χ0v) is 10.8. The van der Waals surface area contributed by atoms with Gasteiger partial charge in [-0.3, -0.25) is 9.59 Å². The van der Waals surface area contributed by atoms with Crippen molar-refractivity contribution in [3.8, 4) is 0 Å². The number of aryl methyl sites for hydroxylation is 1. The second kappa shape index (κ2) is 8.22. The summed E-state index contributed by atoms with van der Waals surface area (Å²) in [6.07, 6.45) is 1.25. The average Bonchev–Trinajstić information content (AvgIpc) is 2.30. The summed E-state index contributed by atoms with van der Waals surface area (Å²) in [6, 6.07) is 4.07. The SMILES string of the molecule is CCC.Cc1ccc(F)c(C(=O)NCC(=O)O)c1. The molecule has 2 N–H and O–H groups in total. The molecule has 0 spiro atoms. The summed E-state index contributed by atoms with van der Waals surface area (Å²) in [5.41, 5.74) is 0.591. The van der Waals surface area contributed by atoms with Crippen LogP contribution in [0.15, 0.2) is 18.2 Å². The third-order valence-corrected chi connectivity index (χ3v) is 1.77. The molecule has 0 aliphatic carbocycles. The zero-order valence-electron chi connectivity index (χ0n) is 10.8. The van der Waals surface area contributed by atoms with E-state index in [2.05, 4.69) is 19.2 Å². The number of carbonyl (C=O) groups excluding carboxylic acids is 1. The van der Waals surface area contributed by atoms with E-state index >= 15 is 0 Å². The smallest absolute Gasteiger partial charge is 0.322 e. The molecule has 5 heteroatoms. The first-order valence-corrected chi connectivity index (χ1v) is 5.68. The van der Waals surface area contributed by atoms with Gasteiger partial charge in [0.05, 0.1) is 5.56 Å². The average molecular weight is 255 g/mol. The number of carbonyl (C=O) groups is 2. The van der Waals surface area contributed by atoms with Crippen LogP contribution in [-0.4, -0.2) is 23.5 Å². The van der Waals surface area contributed by atoms with Crippen molar-refractivity contribution >= 4 is 11.9 Å². The second-order valence-electron chi connectivity index (χ2n) is 3.77. The molecule has 0 aliphatic rings. The third kappa shape index (κ3) is 5.98. The predicted octanol–water partition coefficient (Wildman–Crippen LogP) is 2.36. The summed E-state index contributed by atoms with van der Waals surface area (Å²) < 4.78 is 13.1. The number of carboxylic acids is 1. The van der Waals surface area contributed by atoms with Gasteiger partial charge in [-0.15, -0.1) is 0 Å². The highest BCUT2D eigenvalue weighted by Crippen LogP contribution is 2.09. The third-order valence-electron chi connectivity index (χ3n) is 1.77. The highest BCUT2D eigenvalue weighted by molar-refractivity contribution is 5.96. The summed E-state index contributed by atoms with van der Waals surface area (Å²) in [6.45, 7) is 5.44. The molecule has 18 heavy (non-hydrogen) atoms. The van der Waals surface area contributed by atoms with Gasteiger partial charge in [0, 0.05) is 0 Å². The Morgan fingerprint density at radius 2 is 1.89 bits per heavy atom. The van der Waals surface area contributed by atoms with Crippen LogP contribution in [0.3, 0.4) is 0 Å². The van der Waals surface area contributed by atoms with Crippen LogP contribution in [0.4, 0.5) is 4.39 Å². The summed E-state index contributed by atoms with van der Waals surface area (Å²) in [5, 5.41) is 10.4. The Morgan fingerprint density at radius 1 is 1.33 bits per heavy atom. The van der Waals surface area contributed by atoms with Gasteiger partial charge in [0.25, 0.3) is 5.91 Å². The van der Waals surface area contributed by atoms with Crippen molar-refractivity contribution < 1.29 is 19.1 Å². The first kappa shape index (κ1) is 16.1. The van der Waals surface area contributed by atoms with Gasteiger partial charge in [-0.2, -0.15) is 0 Å². The fourth-order valence-corrected chi connectivity index (χ4v) is 1.06. The van der Waals surface area contributed by atoms with E-state index < -0.39 is 24.2 Å². The molecule has 0 unspecified atom stereocenters. The molecule has 1 amide bonds. The van der Waals surface area contributed by atoms with Crippen molar-refractivity contribution in [1.82, 2.24) is 5.32 Å². The maximum atomic E-state index is 13.1. The highest BCUT2D eigenvalue weighted by Gasteiger charge is 2.12. The Hall–Kier alpha value is -1.91. The van der Waals surface area contributed by atoms with E-state index in [9.17, 15) is 14.0 Å². The molecular formula is C13H18FNO3. The molecular weight excluding hydrogens is 237 g/mol. The van der Waals surface area contributed by atoms with Crippen LogP contribution in [0, 0.1) is 12.7 Å². The molecule has 0 saturated carbocycles. The number of hydrogen-bond acceptors (Lipinski definition) is 2. The molecule has 0 saturated heterocycles. The van der Waals surface area contributed by atoms with Crippen molar-refractivity contribution in [2.24, 2.45) is 0 Å². The van der Waals surface area contributed by atoms with Gasteiger partial charge in [0.2, 0.25) is 0 Å². The molecule has 0 atom stereocenters. The van der Waals surface area contributed by atoms with Gasteiger partial charge in [-0.05, 0) is 19.1 Å². The minimum absolute atomic E-state index is 0.142. The first-order valence-electron chi connectivity index (χ1n) is 5.68. The summed E-state index contributed by atoms with van der Waals surface area (Å²) in [5.74, 6) is -2.56. The van der Waals surface area contributed by atoms with Gasteiger partial charge in [0.15, 0.2) is 0 Å². The van der Waals surface area contributed by atoms with Gasteiger partial charge in [0.1, 0.15) is 12.4 Å². The van der Waals surface area contributed by atoms with Crippen LogP contribution in [0.2, 0.25) is 0 Å². The lowest BCUT2D eigenvalue weighted by molar-refractivity contribution is -0.135. The van der Waals surface area contributed by atoms with E-state index in [-0.39, 0.29) is 5.56 Å². The summed E-state index contributed by atoms with van der Waals surface area (Å²) >= 11 is 0. The normalized spacial score (nSPS) is 9.11. The van der Waals surface area contributed by atoms with E-state index in [0.717, 1.165) is 5.56 Å². The number of hydrogen-bond donors (Lipinski definition) is 2. The lowest BCUT2D eigenvalue weighted by Gasteiger charge is -2.04. The minimum atomic E-state index is -1.17. The number of carboxylic acid groups (broad SMARTS) is 1. The minimum Gasteiger partial charge on any atom is -0.480 e. The van der Waals surface area contributed by atoms with Crippen LogP contribution in [0.25, 0.3) is 0 Å². The van der Waals surface area contributed by atoms with E-state index in [1.165, 1.54) is 24.6 Å². The van der Waals surface area contributed by atoms with E-state index in [4.69, 9.17) is 5.11 Å². The first-order chi connectivity index (χ1) is 8.42. The lowest BCUT2D eigenvalue weighted by atomic mass is 10.1. The van der Waals surface area contributed by atoms with E-state index in [1.54, 1.807) is 6.92 Å². The number of benzene rings is 1. The quantitative estimate of drug-likeness (QED) is 0.871. The fourth-order valence-electron chi connectivity index (χ4n) is 1.06. The number of halogens is 1. The van der Waals surface area contributed by atoms with Crippen LogP contribution in [0.5, 0.6) is 0 Å². The number of aliphatic carboxylic acids is 1. The van der Waals surface area contributed by atoms with E-state index in [1.807, 2.05) is 0 Å². The predicted molar refractivity (Wildman–Crippen MR) is 67.1 cm³/mol. The standard InChI is InChI=1S/C10H10FNO3.C3H8/c1-6-2-3-8(11)7(4-6)10(15)12-5-9(13)14;1-3-2/h2-4H,5H2,1H3,(H,12,15)(H,13,14);3H2,1-2H3. The number of amides is 1. The van der Waals surface area contributed by atoms with Crippen LogP contribution < -0.4 is 5.32 Å². The number of nitrogens with one attached hydrogen (secondary N) is 1. The Balaban J connectivity index is 0.000000873. The highest BCUT2D eigenvalue weighted by atomic mass is 19.1. The zero-order chi connectivity index (χ0) is 14.1.